The second-order valence-electron chi connectivity index (χ2n) is 9.61. The zero-order valence-corrected chi connectivity index (χ0v) is 21.6. The van der Waals surface area contributed by atoms with Gasteiger partial charge in [-0.2, -0.15) is 13.2 Å². The number of guanidine groups is 1. The Hall–Kier alpha value is -4.54. The number of hydrazone groups is 1. The van der Waals surface area contributed by atoms with Crippen LogP contribution < -0.4 is 16.1 Å². The maximum absolute atomic E-state index is 13.6. The van der Waals surface area contributed by atoms with Gasteiger partial charge in [0, 0.05) is 16.8 Å². The van der Waals surface area contributed by atoms with Gasteiger partial charge in [-0.05, 0) is 72.4 Å². The molecule has 0 atom stereocenters. The fraction of sp³-hybridized carbons (Fsp3) is 0.276. The molecule has 0 aromatic heterocycles. The van der Waals surface area contributed by atoms with Crippen molar-refractivity contribution in [1.29, 1.82) is 5.53 Å². The van der Waals surface area contributed by atoms with E-state index in [1.54, 1.807) is 12.1 Å². The number of anilines is 1. The molecule has 0 unspecified atom stereocenters. The van der Waals surface area contributed by atoms with Crippen molar-refractivity contribution in [1.82, 2.24) is 5.32 Å². The van der Waals surface area contributed by atoms with Crippen LogP contribution in [-0.2, 0) is 12.7 Å². The predicted octanol–water partition coefficient (Wildman–Crippen LogP) is 6.59. The predicted molar refractivity (Wildman–Crippen MR) is 145 cm³/mol. The molecule has 0 spiro atoms. The first-order valence-electron chi connectivity index (χ1n) is 12.8. The van der Waals surface area contributed by atoms with Gasteiger partial charge < -0.3 is 10.7 Å². The largest absolute Gasteiger partial charge is 0.416 e. The molecular formula is C29H29F3N6O2. The van der Waals surface area contributed by atoms with E-state index in [1.807, 2.05) is 24.3 Å². The number of nitrogens with one attached hydrogen (secondary N) is 2. The maximum atomic E-state index is 13.6. The fourth-order valence-corrected chi connectivity index (χ4v) is 4.83. The quantitative estimate of drug-likeness (QED) is 0.105. The summed E-state index contributed by atoms with van der Waals surface area (Å²) in [6.07, 6.45) is 1.23. The average Bonchev–Trinajstić information content (AvgIpc) is 2.98. The van der Waals surface area contributed by atoms with Gasteiger partial charge in [-0.3, -0.25) is 14.9 Å². The first kappa shape index (κ1) is 28.5. The van der Waals surface area contributed by atoms with Gasteiger partial charge in [0.15, 0.2) is 0 Å². The Morgan fingerprint density at radius 3 is 2.23 bits per heavy atom. The van der Waals surface area contributed by atoms with E-state index < -0.39 is 23.6 Å². The topological polar surface area (TPSA) is 124 Å². The molecule has 3 aromatic rings. The molecule has 40 heavy (non-hydrogen) atoms. The van der Waals surface area contributed by atoms with E-state index in [2.05, 4.69) is 15.5 Å². The van der Waals surface area contributed by atoms with Crippen LogP contribution in [0.1, 0.15) is 75.4 Å². The summed E-state index contributed by atoms with van der Waals surface area (Å²) < 4.78 is 40.1. The lowest BCUT2D eigenvalue weighted by Gasteiger charge is -2.26. The summed E-state index contributed by atoms with van der Waals surface area (Å²) in [6.45, 7) is 0.0529. The van der Waals surface area contributed by atoms with Crippen molar-refractivity contribution < 1.29 is 22.8 Å². The van der Waals surface area contributed by atoms with Crippen molar-refractivity contribution in [3.8, 4) is 0 Å². The molecule has 0 saturated heterocycles. The Morgan fingerprint density at radius 1 is 0.950 bits per heavy atom. The van der Waals surface area contributed by atoms with E-state index in [1.165, 1.54) is 54.0 Å². The zero-order valence-electron chi connectivity index (χ0n) is 21.6. The van der Waals surface area contributed by atoms with E-state index in [9.17, 15) is 22.8 Å². The molecule has 208 valence electrons. The van der Waals surface area contributed by atoms with Crippen LogP contribution in [-0.4, -0.2) is 17.8 Å². The maximum Gasteiger partial charge on any atom is 0.416 e. The highest BCUT2D eigenvalue weighted by Gasteiger charge is 2.31. The van der Waals surface area contributed by atoms with Crippen molar-refractivity contribution in [3.05, 3.63) is 101 Å². The second kappa shape index (κ2) is 12.5. The van der Waals surface area contributed by atoms with Crippen molar-refractivity contribution in [2.75, 3.05) is 4.90 Å². The highest BCUT2D eigenvalue weighted by atomic mass is 19.4. The molecule has 0 heterocycles. The lowest BCUT2D eigenvalue weighted by Crippen LogP contribution is -2.31. The SMILES string of the molecule is N=N/C(=N\N)NC(=O)c1ccc(CN(C(=O)c2cccc(C(F)(F)F)c2)c2ccc(C3CCCCC3)cc2)cc1. The van der Waals surface area contributed by atoms with Crippen molar-refractivity contribution >= 4 is 23.5 Å². The smallest absolute Gasteiger partial charge is 0.320 e. The van der Waals surface area contributed by atoms with Crippen molar-refractivity contribution in [2.45, 2.75) is 50.7 Å². The number of alkyl halides is 3. The van der Waals surface area contributed by atoms with E-state index in [-0.39, 0.29) is 23.6 Å². The molecule has 4 N–H and O–H groups in total. The molecule has 3 aromatic carbocycles. The van der Waals surface area contributed by atoms with E-state index in [0.717, 1.165) is 25.0 Å². The summed E-state index contributed by atoms with van der Waals surface area (Å²) in [5.74, 6) is 4.00. The third-order valence-electron chi connectivity index (χ3n) is 6.97. The Labute approximate surface area is 229 Å². The molecule has 1 aliphatic rings. The van der Waals surface area contributed by atoms with Crippen LogP contribution in [0.5, 0.6) is 0 Å². The van der Waals surface area contributed by atoms with E-state index in [4.69, 9.17) is 11.4 Å². The standard InChI is InChI=1S/C29H29F3N6O2/c30-29(31,32)24-8-4-7-23(17-24)27(40)38(25-15-13-21(14-16-25)20-5-2-1-3-6-20)18-19-9-11-22(12-10-19)26(39)35-28(36-33)37-34/h4,7-17,20,33H,1-3,5-6,18,34H2,(H,35,37,39). The number of rotatable bonds is 6. The van der Waals surface area contributed by atoms with Gasteiger partial charge in [0.05, 0.1) is 12.1 Å². The number of nitrogens with two attached hydrogens (primary N) is 1. The average molecular weight is 551 g/mol. The van der Waals surface area contributed by atoms with Crippen LogP contribution in [0.2, 0.25) is 0 Å². The zero-order chi connectivity index (χ0) is 28.7. The number of nitrogens with zero attached hydrogens (tertiary/aromatic N) is 3. The van der Waals surface area contributed by atoms with Gasteiger partial charge in [0.25, 0.3) is 17.8 Å². The Bertz CT molecular complexity index is 1380. The number of hydrogen-bond acceptors (Lipinski definition) is 5. The van der Waals surface area contributed by atoms with Crippen molar-refractivity contribution in [2.24, 2.45) is 16.1 Å². The van der Waals surface area contributed by atoms with E-state index in [0.29, 0.717) is 17.2 Å². The molecule has 0 radical (unpaired) electrons. The molecule has 1 aliphatic carbocycles. The lowest BCUT2D eigenvalue weighted by molar-refractivity contribution is -0.137. The molecule has 8 nitrogen and oxygen atoms in total. The van der Waals surface area contributed by atoms with Gasteiger partial charge in [-0.15, -0.1) is 10.2 Å². The minimum Gasteiger partial charge on any atom is -0.320 e. The van der Waals surface area contributed by atoms with Crippen LogP contribution in [0.4, 0.5) is 18.9 Å². The Morgan fingerprint density at radius 2 is 1.62 bits per heavy atom. The summed E-state index contributed by atoms with van der Waals surface area (Å²) in [4.78, 5) is 27.4. The number of halogens is 3. The molecule has 2 amide bonds. The monoisotopic (exact) mass is 550 g/mol. The lowest BCUT2D eigenvalue weighted by atomic mass is 9.84. The molecule has 4 rings (SSSR count). The number of amides is 2. The number of hydrogen-bond donors (Lipinski definition) is 3. The summed E-state index contributed by atoms with van der Waals surface area (Å²) in [5.41, 5.74) is 8.56. The molecule has 1 saturated carbocycles. The second-order valence-corrected chi connectivity index (χ2v) is 9.61. The van der Waals surface area contributed by atoms with Gasteiger partial charge in [0.1, 0.15) is 0 Å². The van der Waals surface area contributed by atoms with Crippen LogP contribution in [0.15, 0.2) is 83.0 Å². The Balaban J connectivity index is 1.62. The van der Waals surface area contributed by atoms with Gasteiger partial charge in [-0.25, -0.2) is 5.53 Å². The van der Waals surface area contributed by atoms with Gasteiger partial charge >= 0.3 is 6.18 Å². The first-order chi connectivity index (χ1) is 19.2. The first-order valence-corrected chi connectivity index (χ1v) is 12.8. The number of carbonyl (C=O) groups is 2. The van der Waals surface area contributed by atoms with E-state index >= 15 is 0 Å². The van der Waals surface area contributed by atoms with Crippen LogP contribution >= 0.6 is 0 Å². The summed E-state index contributed by atoms with van der Waals surface area (Å²) in [6, 6.07) is 18.3. The molecule has 0 aliphatic heterocycles. The van der Waals surface area contributed by atoms with Crippen LogP contribution in [0.3, 0.4) is 0 Å². The minimum absolute atomic E-state index is 0.0529. The Kier molecular flexibility index (Phi) is 8.93. The van der Waals surface area contributed by atoms with Crippen LogP contribution in [0, 0.1) is 5.53 Å². The van der Waals surface area contributed by atoms with Crippen molar-refractivity contribution in [3.63, 3.8) is 0 Å². The highest BCUT2D eigenvalue weighted by molar-refractivity contribution is 6.07. The van der Waals surface area contributed by atoms with Gasteiger partial charge in [-0.1, -0.05) is 49.6 Å². The summed E-state index contributed by atoms with van der Waals surface area (Å²) in [5, 5.41) is 8.46. The third-order valence-corrected chi connectivity index (χ3v) is 6.97. The fourth-order valence-electron chi connectivity index (χ4n) is 4.83. The minimum atomic E-state index is -4.58. The number of benzene rings is 3. The highest BCUT2D eigenvalue weighted by Crippen LogP contribution is 2.34. The normalized spacial score (nSPS) is 14.4. The molecule has 11 heteroatoms. The summed E-state index contributed by atoms with van der Waals surface area (Å²) in [7, 11) is 0. The molecule has 0 bridgehead atoms. The van der Waals surface area contributed by atoms with Crippen LogP contribution in [0.25, 0.3) is 0 Å². The number of carbonyl (C=O) groups excluding carboxylic acids is 2. The summed E-state index contributed by atoms with van der Waals surface area (Å²) >= 11 is 0. The van der Waals surface area contributed by atoms with Gasteiger partial charge in [0.2, 0.25) is 0 Å². The molecule has 1 fully saturated rings. The third kappa shape index (κ3) is 6.90. The molecular weight excluding hydrogens is 521 g/mol.